The molecule has 0 saturated carbocycles. The van der Waals surface area contributed by atoms with Gasteiger partial charge < -0.3 is 9.47 Å². The van der Waals surface area contributed by atoms with E-state index in [0.717, 1.165) is 12.8 Å². The van der Waals surface area contributed by atoms with Gasteiger partial charge in [-0.3, -0.25) is 4.79 Å². The molecule has 0 atom stereocenters. The Kier molecular flexibility index (Phi) is 8.64. The van der Waals surface area contributed by atoms with Crippen molar-refractivity contribution in [2.45, 2.75) is 40.0 Å². The molecular weight excluding hydrogens is 180 g/mol. The molecule has 0 aliphatic rings. The van der Waals surface area contributed by atoms with Gasteiger partial charge in [0.2, 0.25) is 0 Å². The van der Waals surface area contributed by atoms with Crippen LogP contribution in [0.1, 0.15) is 40.0 Å². The third kappa shape index (κ3) is 6.89. The van der Waals surface area contributed by atoms with Gasteiger partial charge in [-0.1, -0.05) is 26.7 Å². The van der Waals surface area contributed by atoms with Crippen molar-refractivity contribution >= 4 is 5.97 Å². The third-order valence-electron chi connectivity index (χ3n) is 2.30. The minimum absolute atomic E-state index is 0.0987. The van der Waals surface area contributed by atoms with Gasteiger partial charge in [-0.2, -0.15) is 0 Å². The highest BCUT2D eigenvalue weighted by molar-refractivity contribution is 5.69. The normalized spacial score (nSPS) is 10.6. The second kappa shape index (κ2) is 9.00. The Hall–Kier alpha value is -0.570. The average molecular weight is 202 g/mol. The van der Waals surface area contributed by atoms with Gasteiger partial charge in [0, 0.05) is 13.0 Å². The summed E-state index contributed by atoms with van der Waals surface area (Å²) in [5.74, 6) is 0.369. The summed E-state index contributed by atoms with van der Waals surface area (Å²) in [6.07, 6.45) is 2.62. The molecule has 0 aromatic carbocycles. The van der Waals surface area contributed by atoms with E-state index in [1.54, 1.807) is 0 Å². The first kappa shape index (κ1) is 13.4. The van der Waals surface area contributed by atoms with Crippen molar-refractivity contribution in [2.24, 2.45) is 5.92 Å². The first-order chi connectivity index (χ1) is 6.74. The highest BCUT2D eigenvalue weighted by Gasteiger charge is 2.10. The lowest BCUT2D eigenvalue weighted by Crippen LogP contribution is -2.14. The molecule has 0 heterocycles. The maximum Gasteiger partial charge on any atom is 0.306 e. The van der Waals surface area contributed by atoms with Gasteiger partial charge in [-0.25, -0.2) is 0 Å². The fraction of sp³-hybridized carbons (Fsp3) is 0.909. The zero-order valence-electron chi connectivity index (χ0n) is 9.54. The molecular formula is C11H22O3. The molecule has 0 saturated heterocycles. The summed E-state index contributed by atoms with van der Waals surface area (Å²) in [5, 5.41) is 0. The number of ether oxygens (including phenoxy) is 2. The molecule has 0 radical (unpaired) electrons. The number of hydrogen-bond acceptors (Lipinski definition) is 3. The molecule has 0 unspecified atom stereocenters. The fourth-order valence-corrected chi connectivity index (χ4v) is 1.23. The number of carbonyl (C=O) groups excluding carboxylic acids is 1. The van der Waals surface area contributed by atoms with Crippen LogP contribution >= 0.6 is 0 Å². The first-order valence-corrected chi connectivity index (χ1v) is 5.47. The molecule has 0 bridgehead atoms. The van der Waals surface area contributed by atoms with Crippen molar-refractivity contribution in [3.63, 3.8) is 0 Å². The molecule has 0 aromatic rings. The van der Waals surface area contributed by atoms with E-state index in [4.69, 9.17) is 9.47 Å². The highest BCUT2D eigenvalue weighted by atomic mass is 16.6. The highest BCUT2D eigenvalue weighted by Crippen LogP contribution is 2.12. The van der Waals surface area contributed by atoms with Gasteiger partial charge in [0.25, 0.3) is 0 Å². The van der Waals surface area contributed by atoms with Crippen LogP contribution in [0.5, 0.6) is 0 Å². The molecule has 84 valence electrons. The molecule has 0 aromatic heterocycles. The van der Waals surface area contributed by atoms with Gasteiger partial charge in [0.05, 0.1) is 6.61 Å². The second-order valence-corrected chi connectivity index (χ2v) is 3.30. The van der Waals surface area contributed by atoms with E-state index in [1.165, 1.54) is 0 Å². The van der Waals surface area contributed by atoms with Crippen LogP contribution in [0.3, 0.4) is 0 Å². The molecule has 0 N–H and O–H groups in total. The van der Waals surface area contributed by atoms with E-state index in [1.807, 2.05) is 6.92 Å². The molecule has 0 amide bonds. The Balaban J connectivity index is 3.44. The van der Waals surface area contributed by atoms with Gasteiger partial charge in [0.1, 0.15) is 6.61 Å². The Bertz CT molecular complexity index is 141. The Morgan fingerprint density at radius 2 is 1.79 bits per heavy atom. The largest absolute Gasteiger partial charge is 0.463 e. The van der Waals surface area contributed by atoms with Gasteiger partial charge in [0.15, 0.2) is 0 Å². The summed E-state index contributed by atoms with van der Waals surface area (Å²) in [6.45, 7) is 7.68. The van der Waals surface area contributed by atoms with Crippen molar-refractivity contribution in [2.75, 3.05) is 19.8 Å². The third-order valence-corrected chi connectivity index (χ3v) is 2.30. The predicted molar refractivity (Wildman–Crippen MR) is 56.1 cm³/mol. The molecule has 0 aliphatic heterocycles. The molecule has 14 heavy (non-hydrogen) atoms. The van der Waals surface area contributed by atoms with Crippen LogP contribution in [0.15, 0.2) is 0 Å². The van der Waals surface area contributed by atoms with Crippen LogP contribution in [0.2, 0.25) is 0 Å². The molecule has 0 rings (SSSR count). The van der Waals surface area contributed by atoms with E-state index >= 15 is 0 Å². The zero-order valence-corrected chi connectivity index (χ0v) is 9.54. The molecule has 0 fully saturated rings. The molecule has 0 aliphatic carbocycles. The van der Waals surface area contributed by atoms with E-state index in [2.05, 4.69) is 13.8 Å². The van der Waals surface area contributed by atoms with Crippen molar-refractivity contribution in [1.82, 2.24) is 0 Å². The van der Waals surface area contributed by atoms with Crippen molar-refractivity contribution < 1.29 is 14.3 Å². The molecule has 3 nitrogen and oxygen atoms in total. The number of hydrogen-bond donors (Lipinski definition) is 0. The summed E-state index contributed by atoms with van der Waals surface area (Å²) in [6, 6.07) is 0. The van der Waals surface area contributed by atoms with Crippen LogP contribution in [0.25, 0.3) is 0 Å². The minimum atomic E-state index is -0.0987. The van der Waals surface area contributed by atoms with Crippen molar-refractivity contribution in [3.05, 3.63) is 0 Å². The number of esters is 1. The van der Waals surface area contributed by atoms with Crippen molar-refractivity contribution in [3.8, 4) is 0 Å². The van der Waals surface area contributed by atoms with Crippen LogP contribution in [0, 0.1) is 5.92 Å². The van der Waals surface area contributed by atoms with Crippen molar-refractivity contribution in [1.29, 1.82) is 0 Å². The van der Waals surface area contributed by atoms with E-state index in [-0.39, 0.29) is 5.97 Å². The topological polar surface area (TPSA) is 35.5 Å². The predicted octanol–water partition coefficient (Wildman–Crippen LogP) is 2.39. The van der Waals surface area contributed by atoms with E-state index < -0.39 is 0 Å². The van der Waals surface area contributed by atoms with Crippen LogP contribution in [-0.2, 0) is 14.3 Å². The van der Waals surface area contributed by atoms with E-state index in [0.29, 0.717) is 32.2 Å². The summed E-state index contributed by atoms with van der Waals surface area (Å²) in [5.41, 5.74) is 0. The summed E-state index contributed by atoms with van der Waals surface area (Å²) in [4.78, 5) is 11.3. The summed E-state index contributed by atoms with van der Waals surface area (Å²) in [7, 11) is 0. The monoisotopic (exact) mass is 202 g/mol. The quantitative estimate of drug-likeness (QED) is 0.448. The smallest absolute Gasteiger partial charge is 0.306 e. The number of carbonyl (C=O) groups is 1. The van der Waals surface area contributed by atoms with Gasteiger partial charge >= 0.3 is 5.97 Å². The summed E-state index contributed by atoms with van der Waals surface area (Å²) < 4.78 is 10.1. The number of rotatable bonds is 8. The zero-order chi connectivity index (χ0) is 10.8. The Labute approximate surface area is 86.8 Å². The standard InChI is InChI=1S/C11H22O3/c1-4-10(5-2)9-11(12)14-8-7-13-6-3/h10H,4-9H2,1-3H3. The maximum absolute atomic E-state index is 11.3. The first-order valence-electron chi connectivity index (χ1n) is 5.47. The van der Waals surface area contributed by atoms with Crippen LogP contribution in [0.4, 0.5) is 0 Å². The maximum atomic E-state index is 11.3. The lowest BCUT2D eigenvalue weighted by atomic mass is 10.00. The fourth-order valence-electron chi connectivity index (χ4n) is 1.23. The molecule has 0 spiro atoms. The minimum Gasteiger partial charge on any atom is -0.463 e. The van der Waals surface area contributed by atoms with Gasteiger partial charge in [-0.15, -0.1) is 0 Å². The SMILES string of the molecule is CCOCCOC(=O)CC(CC)CC. The lowest BCUT2D eigenvalue weighted by Gasteiger charge is -2.11. The van der Waals surface area contributed by atoms with Crippen LogP contribution < -0.4 is 0 Å². The Morgan fingerprint density at radius 1 is 1.14 bits per heavy atom. The van der Waals surface area contributed by atoms with Crippen LogP contribution in [-0.4, -0.2) is 25.8 Å². The van der Waals surface area contributed by atoms with E-state index in [9.17, 15) is 4.79 Å². The average Bonchev–Trinajstić information content (AvgIpc) is 2.21. The Morgan fingerprint density at radius 3 is 2.29 bits per heavy atom. The molecule has 3 heteroatoms. The van der Waals surface area contributed by atoms with Gasteiger partial charge in [-0.05, 0) is 12.8 Å². The lowest BCUT2D eigenvalue weighted by molar-refractivity contribution is -0.146. The second-order valence-electron chi connectivity index (χ2n) is 3.30. The summed E-state index contributed by atoms with van der Waals surface area (Å²) >= 11 is 0.